The van der Waals surface area contributed by atoms with E-state index in [1.165, 1.54) is 94.2 Å². The molecule has 35 heavy (non-hydrogen) atoms. The first-order valence-corrected chi connectivity index (χ1v) is 14.0. The van der Waals surface area contributed by atoms with E-state index in [-0.39, 0.29) is 22.8 Å². The van der Waals surface area contributed by atoms with Crippen molar-refractivity contribution in [1.82, 2.24) is 4.90 Å². The van der Waals surface area contributed by atoms with E-state index in [9.17, 15) is 9.50 Å². The Balaban J connectivity index is 0.00000432. The van der Waals surface area contributed by atoms with Crippen LogP contribution in [0, 0.1) is 5.82 Å². The van der Waals surface area contributed by atoms with Gasteiger partial charge >= 0.3 is 0 Å². The molecule has 0 saturated carbocycles. The largest absolute Gasteiger partial charge is 1.00 e. The first kappa shape index (κ1) is 30.0. The Kier molecular flexibility index (Phi) is 13.0. The highest BCUT2D eigenvalue weighted by Gasteiger charge is 2.53. The number of halogens is 2. The number of rotatable bonds is 15. The Morgan fingerprint density at radius 1 is 0.886 bits per heavy atom. The van der Waals surface area contributed by atoms with Crippen molar-refractivity contribution in [2.75, 3.05) is 13.1 Å². The summed E-state index contributed by atoms with van der Waals surface area (Å²) in [5.74, 6) is 0.982. The van der Waals surface area contributed by atoms with E-state index < -0.39 is 5.72 Å². The normalized spacial score (nSPS) is 19.9. The number of nitrogens with zero attached hydrogens (tertiary/aromatic N) is 2. The molecule has 3 nitrogen and oxygen atoms in total. The minimum Gasteiger partial charge on any atom is -1.00 e. The molecular formula is C30H48BrFN2O. The van der Waals surface area contributed by atoms with E-state index in [0.717, 1.165) is 50.0 Å². The van der Waals surface area contributed by atoms with Crippen LogP contribution < -0.4 is 17.0 Å². The molecule has 0 bridgehead atoms. The minimum absolute atomic E-state index is 0. The molecule has 2 heterocycles. The van der Waals surface area contributed by atoms with Gasteiger partial charge in [-0.15, -0.1) is 0 Å². The van der Waals surface area contributed by atoms with Crippen LogP contribution in [0.2, 0.25) is 0 Å². The molecule has 0 aliphatic carbocycles. The minimum atomic E-state index is -0.848. The lowest BCUT2D eigenvalue weighted by Crippen LogP contribution is -3.00. The van der Waals surface area contributed by atoms with Gasteiger partial charge in [-0.05, 0) is 38.0 Å². The van der Waals surface area contributed by atoms with Crippen LogP contribution >= 0.6 is 0 Å². The fourth-order valence-electron chi connectivity index (χ4n) is 5.77. The molecule has 2 aliphatic rings. The summed E-state index contributed by atoms with van der Waals surface area (Å²) in [5.41, 5.74) is 2.58. The molecule has 0 spiro atoms. The van der Waals surface area contributed by atoms with Crippen molar-refractivity contribution in [3.05, 3.63) is 46.8 Å². The zero-order valence-electron chi connectivity index (χ0n) is 22.4. The number of hydrogen-bond acceptors (Lipinski definition) is 2. The number of hydrogen-bond donors (Lipinski definition) is 1. The third-order valence-electron chi connectivity index (χ3n) is 7.98. The van der Waals surface area contributed by atoms with Crippen molar-refractivity contribution < 1.29 is 31.1 Å². The van der Waals surface area contributed by atoms with Crippen LogP contribution in [0.15, 0.2) is 35.4 Å². The van der Waals surface area contributed by atoms with Gasteiger partial charge in [0.05, 0.1) is 13.1 Å². The molecule has 198 valence electrons. The van der Waals surface area contributed by atoms with Crippen molar-refractivity contribution >= 4 is 5.84 Å². The summed E-state index contributed by atoms with van der Waals surface area (Å²) in [6.07, 6.45) is 17.8. The first-order chi connectivity index (χ1) is 16.5. The molecule has 0 fully saturated rings. The van der Waals surface area contributed by atoms with Crippen molar-refractivity contribution in [3.8, 4) is 0 Å². The van der Waals surface area contributed by atoms with Gasteiger partial charge in [0.15, 0.2) is 0 Å². The lowest BCUT2D eigenvalue weighted by atomic mass is 9.96. The molecule has 1 aromatic rings. The van der Waals surface area contributed by atoms with Gasteiger partial charge in [-0.1, -0.05) is 89.7 Å². The number of aliphatic hydroxyl groups is 1. The van der Waals surface area contributed by atoms with Gasteiger partial charge in [0.25, 0.3) is 5.84 Å². The predicted molar refractivity (Wildman–Crippen MR) is 141 cm³/mol. The van der Waals surface area contributed by atoms with Gasteiger partial charge in [-0.2, -0.15) is 0 Å². The van der Waals surface area contributed by atoms with Gasteiger partial charge < -0.3 is 22.1 Å². The van der Waals surface area contributed by atoms with E-state index >= 15 is 0 Å². The smallest absolute Gasteiger partial charge is 0.277 e. The zero-order chi connectivity index (χ0) is 24.4. The molecular weight excluding hydrogens is 503 g/mol. The average Bonchev–Trinajstić information content (AvgIpc) is 3.03. The second-order valence-electron chi connectivity index (χ2n) is 10.6. The summed E-state index contributed by atoms with van der Waals surface area (Å²) >= 11 is 0. The fourth-order valence-corrected chi connectivity index (χ4v) is 5.77. The maximum atomic E-state index is 13.3. The molecule has 5 heteroatoms. The van der Waals surface area contributed by atoms with Gasteiger partial charge in [0.2, 0.25) is 5.72 Å². The van der Waals surface area contributed by atoms with E-state index in [1.54, 1.807) is 0 Å². The van der Waals surface area contributed by atoms with Gasteiger partial charge in [-0.3, -0.25) is 4.58 Å². The second-order valence-corrected chi connectivity index (χ2v) is 10.6. The van der Waals surface area contributed by atoms with E-state index in [0.29, 0.717) is 0 Å². The summed E-state index contributed by atoms with van der Waals surface area (Å²) in [6, 6.07) is 6.81. The van der Waals surface area contributed by atoms with Crippen LogP contribution in [0.25, 0.3) is 0 Å². The molecule has 1 unspecified atom stereocenters. The highest BCUT2D eigenvalue weighted by Crippen LogP contribution is 2.39. The number of fused-ring (bicyclic) bond motifs is 1. The third kappa shape index (κ3) is 8.15. The topological polar surface area (TPSA) is 26.5 Å². The van der Waals surface area contributed by atoms with Crippen LogP contribution in [0.5, 0.6) is 0 Å². The quantitative estimate of drug-likeness (QED) is 0.255. The lowest BCUT2D eigenvalue weighted by Gasteiger charge is -2.34. The highest BCUT2D eigenvalue weighted by molar-refractivity contribution is 5.98. The zero-order valence-corrected chi connectivity index (χ0v) is 24.0. The van der Waals surface area contributed by atoms with Crippen LogP contribution in [0.1, 0.15) is 116 Å². The Hall–Kier alpha value is -1.20. The van der Waals surface area contributed by atoms with Crippen molar-refractivity contribution in [2.45, 2.75) is 123 Å². The molecule has 0 aromatic heterocycles. The van der Waals surface area contributed by atoms with Gasteiger partial charge in [-0.25, -0.2) is 9.29 Å². The maximum absolute atomic E-state index is 13.3. The van der Waals surface area contributed by atoms with Crippen LogP contribution in [-0.4, -0.2) is 39.2 Å². The monoisotopic (exact) mass is 550 g/mol. The molecule has 1 N–H and O–H groups in total. The first-order valence-electron chi connectivity index (χ1n) is 14.0. The summed E-state index contributed by atoms with van der Waals surface area (Å²) in [7, 11) is 0. The van der Waals surface area contributed by atoms with Crippen LogP contribution in [0.3, 0.4) is 0 Å². The van der Waals surface area contributed by atoms with Gasteiger partial charge in [0.1, 0.15) is 12.4 Å². The summed E-state index contributed by atoms with van der Waals surface area (Å²) in [6.45, 7) is 9.17. The molecule has 2 aliphatic heterocycles. The maximum Gasteiger partial charge on any atom is 0.277 e. The van der Waals surface area contributed by atoms with Crippen molar-refractivity contribution in [1.29, 1.82) is 0 Å². The Labute approximate surface area is 224 Å². The molecule has 3 rings (SSSR count). The molecule has 0 amide bonds. The summed E-state index contributed by atoms with van der Waals surface area (Å²) < 4.78 is 15.7. The summed E-state index contributed by atoms with van der Waals surface area (Å²) in [4.78, 5) is 2.25. The van der Waals surface area contributed by atoms with Crippen molar-refractivity contribution in [3.63, 3.8) is 0 Å². The van der Waals surface area contributed by atoms with Crippen molar-refractivity contribution in [2.24, 2.45) is 0 Å². The molecule has 0 radical (unpaired) electrons. The average molecular weight is 552 g/mol. The Morgan fingerprint density at radius 2 is 1.43 bits per heavy atom. The van der Waals surface area contributed by atoms with E-state index in [4.69, 9.17) is 0 Å². The second kappa shape index (κ2) is 15.1. The fraction of sp³-hybridized carbons (Fsp3) is 0.700. The molecule has 0 saturated heterocycles. The number of benzene rings is 1. The van der Waals surface area contributed by atoms with Crippen LogP contribution in [-0.2, 0) is 6.54 Å². The number of unbranched alkanes of at least 4 members (excludes halogenated alkanes) is 11. The lowest BCUT2D eigenvalue weighted by molar-refractivity contribution is -0.554. The predicted octanol–water partition coefficient (Wildman–Crippen LogP) is 4.58. The third-order valence-corrected chi connectivity index (χ3v) is 7.98. The highest BCUT2D eigenvalue weighted by atomic mass is 79.9. The summed E-state index contributed by atoms with van der Waals surface area (Å²) in [5, 5.41) is 11.8. The molecule has 1 atom stereocenters. The van der Waals surface area contributed by atoms with Crippen LogP contribution in [0.4, 0.5) is 4.39 Å². The molecule has 1 aromatic carbocycles. The standard InChI is InChI=1S/C30H48FN2O.BrH/c1-4-5-6-7-8-9-10-11-12-13-14-15-21-30(34)26(3)25(2)29-32(22-16-23-33(29)30)24-27-17-19-28(31)20-18-27;/h17-20,34H,4-16,21-24H2,1-3H3;1H/q+1;/p-1. The van der Waals surface area contributed by atoms with E-state index in [1.807, 2.05) is 12.1 Å². The Bertz CT molecular complexity index is 835. The van der Waals surface area contributed by atoms with E-state index in [2.05, 4.69) is 30.2 Å². The number of amidine groups is 1. The van der Waals surface area contributed by atoms with Gasteiger partial charge in [0, 0.05) is 24.0 Å². The SMILES string of the molecule is CCCCCCCCCCCCCCC1(O)C(C)=C(C)C2=[N+](Cc3ccc(F)cc3)CCCN21.[Br-]. The Morgan fingerprint density at radius 3 is 2.00 bits per heavy atom.